The van der Waals surface area contributed by atoms with E-state index in [1.807, 2.05) is 19.3 Å². The molecule has 0 fully saturated rings. The third-order valence-corrected chi connectivity index (χ3v) is 5.31. The number of aryl methyl sites for hydroxylation is 4. The van der Waals surface area contributed by atoms with Crippen LogP contribution in [0.3, 0.4) is 0 Å². The van der Waals surface area contributed by atoms with Gasteiger partial charge in [-0.1, -0.05) is 29.8 Å². The predicted molar refractivity (Wildman–Crippen MR) is 111 cm³/mol. The van der Waals surface area contributed by atoms with Gasteiger partial charge in [0, 0.05) is 29.6 Å². The number of nitrogens with zero attached hydrogens (tertiary/aromatic N) is 3. The summed E-state index contributed by atoms with van der Waals surface area (Å²) in [5, 5.41) is 2.43. The Balaban J connectivity index is 1.95. The van der Waals surface area contributed by atoms with Gasteiger partial charge >= 0.3 is 0 Å². The molecule has 27 heavy (non-hydrogen) atoms. The number of hydrogen-bond donors (Lipinski definition) is 0. The smallest absolute Gasteiger partial charge is 0.213 e. The van der Waals surface area contributed by atoms with Gasteiger partial charge in [0.25, 0.3) is 0 Å². The molecule has 4 rings (SSSR count). The lowest BCUT2D eigenvalue weighted by Crippen LogP contribution is -2.30. The SMILES string of the molecule is Cc1cc(C)c(C)c(-c2cc3cccc(-c4cnc(C)nc4)c3c[n+]2C)c1. The fraction of sp³-hybridized carbons (Fsp3) is 0.208. The number of fused-ring (bicyclic) bond motifs is 1. The third kappa shape index (κ3) is 3.10. The zero-order valence-electron chi connectivity index (χ0n) is 16.5. The molecule has 4 aromatic rings. The van der Waals surface area contributed by atoms with E-state index in [0.29, 0.717) is 0 Å². The van der Waals surface area contributed by atoms with Crippen LogP contribution < -0.4 is 4.57 Å². The highest BCUT2D eigenvalue weighted by Gasteiger charge is 2.17. The van der Waals surface area contributed by atoms with Crippen LogP contribution in [-0.2, 0) is 7.05 Å². The highest BCUT2D eigenvalue weighted by Crippen LogP contribution is 2.31. The van der Waals surface area contributed by atoms with E-state index in [0.717, 1.165) is 17.0 Å². The molecule has 2 aromatic heterocycles. The minimum Gasteiger partial charge on any atom is -0.241 e. The van der Waals surface area contributed by atoms with Crippen molar-refractivity contribution in [2.75, 3.05) is 0 Å². The Morgan fingerprint density at radius 3 is 2.33 bits per heavy atom. The monoisotopic (exact) mass is 354 g/mol. The van der Waals surface area contributed by atoms with Gasteiger partial charge in [0.1, 0.15) is 12.9 Å². The Bertz CT molecular complexity index is 1160. The standard InChI is InChI=1S/C24H24N3/c1-15-9-16(2)17(3)22(10-15)24-11-19-7-6-8-21(23(19)14-27(24)5)20-12-25-18(4)26-13-20/h6-14H,1-5H3/q+1. The first-order valence-electron chi connectivity index (χ1n) is 9.23. The Morgan fingerprint density at radius 2 is 1.59 bits per heavy atom. The quantitative estimate of drug-likeness (QED) is 0.473. The lowest BCUT2D eigenvalue weighted by atomic mass is 9.95. The zero-order chi connectivity index (χ0) is 19.1. The molecule has 0 aliphatic rings. The average Bonchev–Trinajstić information content (AvgIpc) is 2.64. The Kier molecular flexibility index (Phi) is 4.23. The summed E-state index contributed by atoms with van der Waals surface area (Å²) < 4.78 is 2.22. The van der Waals surface area contributed by atoms with E-state index in [2.05, 4.69) is 84.9 Å². The molecule has 0 atom stereocenters. The minimum atomic E-state index is 0.789. The molecule has 2 heterocycles. The molecule has 134 valence electrons. The maximum absolute atomic E-state index is 4.36. The lowest BCUT2D eigenvalue weighted by Gasteiger charge is -2.11. The van der Waals surface area contributed by atoms with Gasteiger partial charge in [-0.3, -0.25) is 0 Å². The molecule has 0 amide bonds. The molecule has 0 radical (unpaired) electrons. The van der Waals surface area contributed by atoms with Crippen LogP contribution in [-0.4, -0.2) is 9.97 Å². The first-order chi connectivity index (χ1) is 12.9. The summed E-state index contributed by atoms with van der Waals surface area (Å²) in [4.78, 5) is 8.73. The van der Waals surface area contributed by atoms with Crippen LogP contribution in [0.4, 0.5) is 0 Å². The molecule has 0 saturated carbocycles. The van der Waals surface area contributed by atoms with Crippen LogP contribution in [0, 0.1) is 27.7 Å². The fourth-order valence-electron chi connectivity index (χ4n) is 3.72. The zero-order valence-corrected chi connectivity index (χ0v) is 16.5. The van der Waals surface area contributed by atoms with E-state index < -0.39 is 0 Å². The van der Waals surface area contributed by atoms with Gasteiger partial charge in [0.05, 0.1) is 5.39 Å². The summed E-state index contributed by atoms with van der Waals surface area (Å²) in [6.07, 6.45) is 6.02. The van der Waals surface area contributed by atoms with Crippen LogP contribution in [0.25, 0.3) is 33.2 Å². The molecule has 3 heteroatoms. The molecule has 0 aliphatic carbocycles. The van der Waals surface area contributed by atoms with Gasteiger partial charge in [-0.25, -0.2) is 14.5 Å². The van der Waals surface area contributed by atoms with E-state index in [1.54, 1.807) is 0 Å². The molecule has 2 aromatic carbocycles. The second-order valence-electron chi connectivity index (χ2n) is 7.35. The first kappa shape index (κ1) is 17.3. The molecule has 3 nitrogen and oxygen atoms in total. The number of hydrogen-bond acceptors (Lipinski definition) is 2. The third-order valence-electron chi connectivity index (χ3n) is 5.31. The summed E-state index contributed by atoms with van der Waals surface area (Å²) in [6, 6.07) is 13.2. The van der Waals surface area contributed by atoms with Crippen LogP contribution in [0.5, 0.6) is 0 Å². The molecule has 0 N–H and O–H groups in total. The van der Waals surface area contributed by atoms with Crippen molar-refractivity contribution in [3.63, 3.8) is 0 Å². The first-order valence-corrected chi connectivity index (χ1v) is 9.23. The van der Waals surface area contributed by atoms with Crippen LogP contribution >= 0.6 is 0 Å². The molecular formula is C24H24N3+. The van der Waals surface area contributed by atoms with E-state index in [1.165, 1.54) is 38.7 Å². The predicted octanol–water partition coefficient (Wildman–Crippen LogP) is 5.02. The summed E-state index contributed by atoms with van der Waals surface area (Å²) in [6.45, 7) is 8.45. The van der Waals surface area contributed by atoms with E-state index in [9.17, 15) is 0 Å². The second kappa shape index (κ2) is 6.58. The molecule has 0 unspecified atom stereocenters. The van der Waals surface area contributed by atoms with Gasteiger partial charge in [0.15, 0.2) is 6.20 Å². The summed E-state index contributed by atoms with van der Waals surface area (Å²) in [5.74, 6) is 0.789. The van der Waals surface area contributed by atoms with Gasteiger partial charge in [0.2, 0.25) is 5.69 Å². The largest absolute Gasteiger partial charge is 0.241 e. The minimum absolute atomic E-state index is 0.789. The van der Waals surface area contributed by atoms with Crippen molar-refractivity contribution in [3.05, 3.63) is 77.5 Å². The summed E-state index contributed by atoms with van der Waals surface area (Å²) >= 11 is 0. The van der Waals surface area contributed by atoms with Crippen molar-refractivity contribution in [3.8, 4) is 22.4 Å². The number of rotatable bonds is 2. The highest BCUT2D eigenvalue weighted by atomic mass is 14.9. The Labute approximate surface area is 160 Å². The van der Waals surface area contributed by atoms with Crippen molar-refractivity contribution >= 4 is 10.8 Å². The second-order valence-corrected chi connectivity index (χ2v) is 7.35. The maximum Gasteiger partial charge on any atom is 0.213 e. The topological polar surface area (TPSA) is 29.7 Å². The Hall–Kier alpha value is -3.07. The number of benzene rings is 2. The molecule has 0 bridgehead atoms. The van der Waals surface area contributed by atoms with Crippen molar-refractivity contribution in [2.45, 2.75) is 27.7 Å². The van der Waals surface area contributed by atoms with Gasteiger partial charge < -0.3 is 0 Å². The average molecular weight is 354 g/mol. The molecule has 0 saturated heterocycles. The van der Waals surface area contributed by atoms with E-state index in [-0.39, 0.29) is 0 Å². The van der Waals surface area contributed by atoms with Crippen molar-refractivity contribution < 1.29 is 4.57 Å². The van der Waals surface area contributed by atoms with Crippen LogP contribution in [0.15, 0.2) is 55.0 Å². The van der Waals surface area contributed by atoms with Crippen molar-refractivity contribution in [1.82, 2.24) is 9.97 Å². The maximum atomic E-state index is 4.36. The fourth-order valence-corrected chi connectivity index (χ4v) is 3.72. The molecule has 0 aliphatic heterocycles. The molecular weight excluding hydrogens is 330 g/mol. The van der Waals surface area contributed by atoms with Crippen molar-refractivity contribution in [1.29, 1.82) is 0 Å². The van der Waals surface area contributed by atoms with Crippen molar-refractivity contribution in [2.24, 2.45) is 7.05 Å². The van der Waals surface area contributed by atoms with Gasteiger partial charge in [-0.05, 0) is 55.8 Å². The van der Waals surface area contributed by atoms with Gasteiger partial charge in [-0.15, -0.1) is 0 Å². The van der Waals surface area contributed by atoms with Gasteiger partial charge in [-0.2, -0.15) is 0 Å². The van der Waals surface area contributed by atoms with Crippen LogP contribution in [0.1, 0.15) is 22.5 Å². The lowest BCUT2D eigenvalue weighted by molar-refractivity contribution is -0.659. The molecule has 0 spiro atoms. The summed E-state index contributed by atoms with van der Waals surface area (Å²) in [5.41, 5.74) is 8.67. The van der Waals surface area contributed by atoms with Crippen LogP contribution in [0.2, 0.25) is 0 Å². The number of aromatic nitrogens is 3. The summed E-state index contributed by atoms with van der Waals surface area (Å²) in [7, 11) is 2.12. The Morgan fingerprint density at radius 1 is 0.852 bits per heavy atom. The normalized spacial score (nSPS) is 11.1. The van der Waals surface area contributed by atoms with E-state index >= 15 is 0 Å². The number of pyridine rings is 1. The van der Waals surface area contributed by atoms with E-state index in [4.69, 9.17) is 0 Å². The highest BCUT2D eigenvalue weighted by molar-refractivity contribution is 5.96.